The minimum atomic E-state index is -0.490. The number of nitrogens with zero attached hydrogens (tertiary/aromatic N) is 2. The van der Waals surface area contributed by atoms with Gasteiger partial charge in [0.25, 0.3) is 5.54 Å². The molecule has 1 amide bonds. The van der Waals surface area contributed by atoms with E-state index in [1.165, 1.54) is 0 Å². The van der Waals surface area contributed by atoms with Crippen LogP contribution in [0.2, 0.25) is 0 Å². The van der Waals surface area contributed by atoms with Crippen LogP contribution < -0.4 is 0 Å². The van der Waals surface area contributed by atoms with Crippen molar-refractivity contribution in [3.63, 3.8) is 0 Å². The molecular formula is C16H20N2O2. The predicted molar refractivity (Wildman–Crippen MR) is 77.1 cm³/mol. The van der Waals surface area contributed by atoms with Crippen molar-refractivity contribution in [3.8, 4) is 0 Å². The van der Waals surface area contributed by atoms with Crippen molar-refractivity contribution in [2.45, 2.75) is 38.3 Å². The Kier molecular flexibility index (Phi) is 4.29. The normalized spacial score (nSPS) is 17.6. The lowest BCUT2D eigenvalue weighted by Gasteiger charge is -2.33. The number of rotatable bonds is 2. The van der Waals surface area contributed by atoms with Gasteiger partial charge in [-0.1, -0.05) is 30.3 Å². The summed E-state index contributed by atoms with van der Waals surface area (Å²) in [7, 11) is 0. The van der Waals surface area contributed by atoms with Crippen LogP contribution in [-0.4, -0.2) is 30.2 Å². The van der Waals surface area contributed by atoms with E-state index in [0.29, 0.717) is 25.9 Å². The SMILES string of the molecule is [C-]#[N+]C1(c2ccccc2)CCN(C(=O)OC(C)C)CC1. The molecule has 0 spiro atoms. The molecule has 1 fully saturated rings. The lowest BCUT2D eigenvalue weighted by Crippen LogP contribution is -2.44. The Balaban J connectivity index is 2.06. The maximum atomic E-state index is 11.9. The number of hydrogen-bond donors (Lipinski definition) is 0. The Hall–Kier alpha value is -2.02. The molecule has 0 N–H and O–H groups in total. The molecule has 0 aromatic heterocycles. The molecule has 2 rings (SSSR count). The molecule has 0 bridgehead atoms. The van der Waals surface area contributed by atoms with Crippen LogP contribution in [-0.2, 0) is 10.3 Å². The Morgan fingerprint density at radius 2 is 1.90 bits per heavy atom. The average Bonchev–Trinajstić information content (AvgIpc) is 2.47. The molecule has 1 aromatic rings. The molecule has 4 nitrogen and oxygen atoms in total. The molecule has 4 heteroatoms. The highest BCUT2D eigenvalue weighted by Gasteiger charge is 2.43. The average molecular weight is 272 g/mol. The summed E-state index contributed by atoms with van der Waals surface area (Å²) in [6.07, 6.45) is 0.942. The number of ether oxygens (including phenoxy) is 1. The second-order valence-corrected chi connectivity index (χ2v) is 5.43. The number of amides is 1. The molecule has 0 unspecified atom stereocenters. The summed E-state index contributed by atoms with van der Waals surface area (Å²) in [5, 5.41) is 0. The largest absolute Gasteiger partial charge is 0.447 e. The van der Waals surface area contributed by atoms with Crippen molar-refractivity contribution in [2.75, 3.05) is 13.1 Å². The van der Waals surface area contributed by atoms with Crippen LogP contribution in [0.25, 0.3) is 4.85 Å². The monoisotopic (exact) mass is 272 g/mol. The van der Waals surface area contributed by atoms with Crippen molar-refractivity contribution in [1.82, 2.24) is 4.90 Å². The fourth-order valence-electron chi connectivity index (χ4n) is 2.55. The van der Waals surface area contributed by atoms with E-state index >= 15 is 0 Å². The summed E-state index contributed by atoms with van der Waals surface area (Å²) in [6.45, 7) is 12.4. The van der Waals surface area contributed by atoms with Gasteiger partial charge in [-0.3, -0.25) is 0 Å². The molecule has 20 heavy (non-hydrogen) atoms. The first-order valence-electron chi connectivity index (χ1n) is 6.97. The molecule has 1 saturated heterocycles. The zero-order valence-corrected chi connectivity index (χ0v) is 12.0. The Bertz CT molecular complexity index is 497. The van der Waals surface area contributed by atoms with Crippen LogP contribution in [0.3, 0.4) is 0 Å². The van der Waals surface area contributed by atoms with Gasteiger partial charge in [-0.05, 0) is 13.8 Å². The smallest absolute Gasteiger partial charge is 0.410 e. The van der Waals surface area contributed by atoms with Crippen LogP contribution >= 0.6 is 0 Å². The third-order valence-corrected chi connectivity index (χ3v) is 3.71. The summed E-state index contributed by atoms with van der Waals surface area (Å²) >= 11 is 0. The number of piperidine rings is 1. The van der Waals surface area contributed by atoms with Gasteiger partial charge in [0.1, 0.15) is 0 Å². The molecule has 0 radical (unpaired) electrons. The first-order chi connectivity index (χ1) is 9.57. The van der Waals surface area contributed by atoms with Gasteiger partial charge < -0.3 is 14.5 Å². The number of hydrogen-bond acceptors (Lipinski definition) is 2. The van der Waals surface area contributed by atoms with Gasteiger partial charge in [0.15, 0.2) is 0 Å². The van der Waals surface area contributed by atoms with Crippen molar-refractivity contribution in [2.24, 2.45) is 0 Å². The summed E-state index contributed by atoms with van der Waals surface area (Å²) in [4.78, 5) is 17.4. The van der Waals surface area contributed by atoms with E-state index in [1.54, 1.807) is 4.90 Å². The molecule has 106 valence electrons. The van der Waals surface area contributed by atoms with E-state index in [4.69, 9.17) is 11.3 Å². The number of likely N-dealkylation sites (tertiary alicyclic amines) is 1. The molecular weight excluding hydrogens is 252 g/mol. The van der Waals surface area contributed by atoms with Crippen LogP contribution in [0.1, 0.15) is 32.3 Å². The third-order valence-electron chi connectivity index (χ3n) is 3.71. The van der Waals surface area contributed by atoms with E-state index in [2.05, 4.69) is 4.85 Å². The van der Waals surface area contributed by atoms with Gasteiger partial charge in [0.05, 0.1) is 6.10 Å². The topological polar surface area (TPSA) is 33.9 Å². The number of carbonyl (C=O) groups excluding carboxylic acids is 1. The standard InChI is InChI=1S/C16H20N2O2/c1-13(2)20-15(19)18-11-9-16(17-3,10-12-18)14-7-5-4-6-8-14/h4-8,13H,9-12H2,1-2H3. The fraction of sp³-hybridized carbons (Fsp3) is 0.500. The highest BCUT2D eigenvalue weighted by atomic mass is 16.6. The molecule has 1 aliphatic heterocycles. The lowest BCUT2D eigenvalue weighted by atomic mass is 9.82. The summed E-state index contributed by atoms with van der Waals surface area (Å²) < 4.78 is 5.21. The van der Waals surface area contributed by atoms with E-state index < -0.39 is 5.54 Å². The fourth-order valence-corrected chi connectivity index (χ4v) is 2.55. The summed E-state index contributed by atoms with van der Waals surface area (Å²) in [5.41, 5.74) is 0.558. The van der Waals surface area contributed by atoms with Crippen LogP contribution in [0.4, 0.5) is 4.79 Å². The zero-order valence-electron chi connectivity index (χ0n) is 12.0. The predicted octanol–water partition coefficient (Wildman–Crippen LogP) is 3.44. The van der Waals surface area contributed by atoms with Gasteiger partial charge in [-0.2, -0.15) is 0 Å². The first-order valence-corrected chi connectivity index (χ1v) is 6.97. The van der Waals surface area contributed by atoms with Crippen molar-refractivity contribution in [3.05, 3.63) is 47.3 Å². The van der Waals surface area contributed by atoms with Gasteiger partial charge in [-0.25, -0.2) is 11.4 Å². The van der Waals surface area contributed by atoms with Crippen LogP contribution in [0, 0.1) is 6.57 Å². The second kappa shape index (κ2) is 5.96. The first kappa shape index (κ1) is 14.4. The lowest BCUT2D eigenvalue weighted by molar-refractivity contribution is 0.0650. The molecule has 1 heterocycles. The Morgan fingerprint density at radius 3 is 2.40 bits per heavy atom. The summed E-state index contributed by atoms with van der Waals surface area (Å²) in [6, 6.07) is 9.87. The minimum absolute atomic E-state index is 0.107. The Morgan fingerprint density at radius 1 is 1.30 bits per heavy atom. The van der Waals surface area contributed by atoms with Crippen molar-refractivity contribution >= 4 is 6.09 Å². The summed E-state index contributed by atoms with van der Waals surface area (Å²) in [5.74, 6) is 0. The highest BCUT2D eigenvalue weighted by molar-refractivity contribution is 5.68. The minimum Gasteiger partial charge on any atom is -0.447 e. The quantitative estimate of drug-likeness (QED) is 0.773. The third kappa shape index (κ3) is 2.93. The van der Waals surface area contributed by atoms with Crippen LogP contribution in [0.15, 0.2) is 30.3 Å². The van der Waals surface area contributed by atoms with E-state index in [-0.39, 0.29) is 12.2 Å². The van der Waals surface area contributed by atoms with E-state index in [9.17, 15) is 4.79 Å². The maximum Gasteiger partial charge on any atom is 0.410 e. The maximum absolute atomic E-state index is 11.9. The molecule has 0 aliphatic carbocycles. The van der Waals surface area contributed by atoms with E-state index in [1.807, 2.05) is 44.2 Å². The molecule has 0 saturated carbocycles. The van der Waals surface area contributed by atoms with Crippen molar-refractivity contribution < 1.29 is 9.53 Å². The van der Waals surface area contributed by atoms with Gasteiger partial charge in [-0.15, -0.1) is 0 Å². The zero-order chi connectivity index (χ0) is 14.6. The number of carbonyl (C=O) groups is 1. The molecule has 1 aromatic carbocycles. The van der Waals surface area contributed by atoms with Crippen molar-refractivity contribution in [1.29, 1.82) is 0 Å². The van der Waals surface area contributed by atoms with Gasteiger partial charge >= 0.3 is 6.09 Å². The van der Waals surface area contributed by atoms with E-state index in [0.717, 1.165) is 5.56 Å². The second-order valence-electron chi connectivity index (χ2n) is 5.43. The van der Waals surface area contributed by atoms with Gasteiger partial charge in [0.2, 0.25) is 0 Å². The Labute approximate surface area is 120 Å². The molecule has 1 aliphatic rings. The van der Waals surface area contributed by atoms with Gasteiger partial charge in [0, 0.05) is 31.5 Å². The number of benzene rings is 1. The molecule has 0 atom stereocenters. The highest BCUT2D eigenvalue weighted by Crippen LogP contribution is 2.37. The van der Waals surface area contributed by atoms with Crippen LogP contribution in [0.5, 0.6) is 0 Å².